The van der Waals surface area contributed by atoms with Crippen LogP contribution in [0.3, 0.4) is 0 Å². The molecule has 2 N–H and O–H groups in total. The Bertz CT molecular complexity index is 924. The first-order chi connectivity index (χ1) is 17.2. The fourth-order valence-electron chi connectivity index (χ4n) is 4.36. The monoisotopic (exact) mass is 480 g/mol. The number of hydrogen-bond donors (Lipinski definition) is 2. The first-order valence-electron chi connectivity index (χ1n) is 12.6. The highest BCUT2D eigenvalue weighted by molar-refractivity contribution is 5.96. The number of benzene rings is 1. The van der Waals surface area contributed by atoms with Gasteiger partial charge in [-0.25, -0.2) is 9.97 Å². The van der Waals surface area contributed by atoms with Gasteiger partial charge in [-0.3, -0.25) is 4.79 Å². The van der Waals surface area contributed by atoms with Crippen molar-refractivity contribution in [2.45, 2.75) is 44.4 Å². The number of carbonyl (C=O) groups is 1. The highest BCUT2D eigenvalue weighted by Gasteiger charge is 2.22. The average molecular weight is 481 g/mol. The predicted octanol–water partition coefficient (Wildman–Crippen LogP) is 3.08. The number of ketones is 1. The second-order valence-corrected chi connectivity index (χ2v) is 9.20. The quantitative estimate of drug-likeness (QED) is 0.474. The summed E-state index contributed by atoms with van der Waals surface area (Å²) in [6.45, 7) is 3.34. The van der Waals surface area contributed by atoms with Crippen LogP contribution < -0.4 is 10.2 Å². The van der Waals surface area contributed by atoms with Crippen molar-refractivity contribution in [1.82, 2.24) is 15.3 Å². The fraction of sp³-hybridized carbons (Fsp3) is 0.519. The van der Waals surface area contributed by atoms with E-state index in [1.54, 1.807) is 12.4 Å². The SMILES string of the molecule is O=C(COC1CCCCO1)c1cnc(N2CCC(CNC(/C=C/c3ccccc3)CO)CC2)nc1. The zero-order valence-electron chi connectivity index (χ0n) is 20.2. The van der Waals surface area contributed by atoms with Gasteiger partial charge in [-0.1, -0.05) is 42.5 Å². The maximum Gasteiger partial charge on any atom is 0.225 e. The number of nitrogens with one attached hydrogen (secondary N) is 1. The molecule has 2 unspecified atom stereocenters. The molecule has 2 aliphatic heterocycles. The summed E-state index contributed by atoms with van der Waals surface area (Å²) < 4.78 is 11.1. The molecule has 3 heterocycles. The number of ether oxygens (including phenoxy) is 2. The molecule has 2 aliphatic rings. The Labute approximate surface area is 207 Å². The summed E-state index contributed by atoms with van der Waals surface area (Å²) >= 11 is 0. The van der Waals surface area contributed by atoms with Gasteiger partial charge >= 0.3 is 0 Å². The van der Waals surface area contributed by atoms with Crippen molar-refractivity contribution in [2.75, 3.05) is 44.4 Å². The lowest BCUT2D eigenvalue weighted by molar-refractivity contribution is -0.155. The number of piperidine rings is 1. The number of rotatable bonds is 11. The molecule has 35 heavy (non-hydrogen) atoms. The fourth-order valence-corrected chi connectivity index (χ4v) is 4.36. The van der Waals surface area contributed by atoms with E-state index in [0.717, 1.165) is 57.3 Å². The van der Waals surface area contributed by atoms with Crippen LogP contribution in [0.1, 0.15) is 48.0 Å². The molecule has 188 valence electrons. The van der Waals surface area contributed by atoms with Gasteiger partial charge < -0.3 is 24.8 Å². The molecule has 2 fully saturated rings. The van der Waals surface area contributed by atoms with E-state index in [2.05, 4.69) is 20.2 Å². The molecule has 0 spiro atoms. The molecular weight excluding hydrogens is 444 g/mol. The van der Waals surface area contributed by atoms with Gasteiger partial charge in [0, 0.05) is 38.1 Å². The van der Waals surface area contributed by atoms with Crippen molar-refractivity contribution in [3.8, 4) is 0 Å². The van der Waals surface area contributed by atoms with Crippen molar-refractivity contribution >= 4 is 17.8 Å². The summed E-state index contributed by atoms with van der Waals surface area (Å²) in [5.74, 6) is 1.06. The van der Waals surface area contributed by atoms with Crippen LogP contribution in [-0.2, 0) is 9.47 Å². The second kappa shape index (κ2) is 13.4. The molecule has 0 aliphatic carbocycles. The van der Waals surface area contributed by atoms with Crippen LogP contribution in [0, 0.1) is 5.92 Å². The third kappa shape index (κ3) is 7.93. The van der Waals surface area contributed by atoms with Crippen molar-refractivity contribution < 1.29 is 19.4 Å². The van der Waals surface area contributed by atoms with E-state index in [1.165, 1.54) is 0 Å². The van der Waals surface area contributed by atoms with Gasteiger partial charge in [0.2, 0.25) is 5.95 Å². The van der Waals surface area contributed by atoms with Gasteiger partial charge in [-0.05, 0) is 50.1 Å². The van der Waals surface area contributed by atoms with Gasteiger partial charge in [0.1, 0.15) is 6.61 Å². The summed E-state index contributed by atoms with van der Waals surface area (Å²) in [5, 5.41) is 13.2. The molecule has 1 aromatic carbocycles. The van der Waals surface area contributed by atoms with E-state index < -0.39 is 0 Å². The summed E-state index contributed by atoms with van der Waals surface area (Å²) in [6.07, 6.45) is 12.0. The van der Waals surface area contributed by atoms with E-state index in [0.29, 0.717) is 24.0 Å². The van der Waals surface area contributed by atoms with Crippen molar-refractivity contribution in [3.63, 3.8) is 0 Å². The lowest BCUT2D eigenvalue weighted by Gasteiger charge is -2.32. The van der Waals surface area contributed by atoms with Crippen LogP contribution >= 0.6 is 0 Å². The number of hydrogen-bond acceptors (Lipinski definition) is 8. The van der Waals surface area contributed by atoms with Gasteiger partial charge in [0.05, 0.1) is 12.2 Å². The van der Waals surface area contributed by atoms with Crippen LogP contribution in [0.2, 0.25) is 0 Å². The maximum atomic E-state index is 12.4. The summed E-state index contributed by atoms with van der Waals surface area (Å²) in [7, 11) is 0. The second-order valence-electron chi connectivity index (χ2n) is 9.20. The Balaban J connectivity index is 1.18. The van der Waals surface area contributed by atoms with Crippen LogP contribution in [0.25, 0.3) is 6.08 Å². The normalized spacial score (nSPS) is 20.3. The molecule has 0 bridgehead atoms. The Hall–Kier alpha value is -2.65. The number of aliphatic hydroxyl groups is 1. The highest BCUT2D eigenvalue weighted by Crippen LogP contribution is 2.20. The highest BCUT2D eigenvalue weighted by atomic mass is 16.7. The van der Waals surface area contributed by atoms with Crippen LogP contribution in [0.15, 0.2) is 48.8 Å². The smallest absolute Gasteiger partial charge is 0.225 e. The molecule has 2 atom stereocenters. The molecule has 2 saturated heterocycles. The van der Waals surface area contributed by atoms with Crippen molar-refractivity contribution in [1.29, 1.82) is 0 Å². The molecule has 8 nitrogen and oxygen atoms in total. The third-order valence-corrected chi connectivity index (χ3v) is 6.58. The number of Topliss-reactive ketones (excluding diaryl/α,β-unsaturated/α-hetero) is 1. The number of carbonyl (C=O) groups excluding carboxylic acids is 1. The van der Waals surface area contributed by atoms with E-state index in [1.807, 2.05) is 42.5 Å². The Morgan fingerprint density at radius 3 is 2.63 bits per heavy atom. The van der Waals surface area contributed by atoms with Gasteiger partial charge in [-0.2, -0.15) is 0 Å². The van der Waals surface area contributed by atoms with Gasteiger partial charge in [0.15, 0.2) is 12.1 Å². The van der Waals surface area contributed by atoms with Gasteiger partial charge in [-0.15, -0.1) is 0 Å². The number of anilines is 1. The molecule has 8 heteroatoms. The van der Waals surface area contributed by atoms with Crippen molar-refractivity contribution in [2.24, 2.45) is 5.92 Å². The summed E-state index contributed by atoms with van der Waals surface area (Å²) in [4.78, 5) is 23.4. The zero-order chi connectivity index (χ0) is 24.3. The topological polar surface area (TPSA) is 96.8 Å². The van der Waals surface area contributed by atoms with E-state index >= 15 is 0 Å². The lowest BCUT2D eigenvalue weighted by Crippen LogP contribution is -2.41. The zero-order valence-corrected chi connectivity index (χ0v) is 20.2. The maximum absolute atomic E-state index is 12.4. The minimum Gasteiger partial charge on any atom is -0.394 e. The minimum absolute atomic E-state index is 0.0128. The molecule has 2 aromatic rings. The average Bonchev–Trinajstić information content (AvgIpc) is 2.93. The number of aliphatic hydroxyl groups excluding tert-OH is 1. The van der Waals surface area contributed by atoms with Crippen LogP contribution in [0.4, 0.5) is 5.95 Å². The Morgan fingerprint density at radius 2 is 1.94 bits per heavy atom. The molecule has 1 aromatic heterocycles. The molecule has 0 amide bonds. The largest absolute Gasteiger partial charge is 0.394 e. The molecule has 0 radical (unpaired) electrons. The third-order valence-electron chi connectivity index (χ3n) is 6.58. The lowest BCUT2D eigenvalue weighted by atomic mass is 9.96. The molecular formula is C27H36N4O4. The van der Waals surface area contributed by atoms with Crippen molar-refractivity contribution in [3.05, 3.63) is 59.9 Å². The standard InChI is InChI=1S/C27H36N4O4/c32-19-24(10-9-21-6-2-1-3-7-21)28-16-22-11-13-31(14-12-22)27-29-17-23(18-30-27)25(33)20-35-26-8-4-5-15-34-26/h1-3,6-7,9-10,17-18,22,24,26,28,32H,4-5,8,11-16,19-20H2/b10-9+. The Morgan fingerprint density at radius 1 is 1.17 bits per heavy atom. The van der Waals surface area contributed by atoms with E-state index in [-0.39, 0.29) is 31.3 Å². The predicted molar refractivity (Wildman–Crippen MR) is 135 cm³/mol. The molecule has 0 saturated carbocycles. The molecule has 4 rings (SSSR count). The first-order valence-corrected chi connectivity index (χ1v) is 12.6. The minimum atomic E-state index is -0.281. The van der Waals surface area contributed by atoms with Crippen LogP contribution in [-0.4, -0.2) is 72.6 Å². The van der Waals surface area contributed by atoms with E-state index in [9.17, 15) is 9.90 Å². The number of nitrogens with zero attached hydrogens (tertiary/aromatic N) is 3. The van der Waals surface area contributed by atoms with Gasteiger partial charge in [0.25, 0.3) is 0 Å². The summed E-state index contributed by atoms with van der Waals surface area (Å²) in [5.41, 5.74) is 1.58. The Kier molecular flexibility index (Phi) is 9.77. The van der Waals surface area contributed by atoms with Crippen LogP contribution in [0.5, 0.6) is 0 Å². The number of aromatic nitrogens is 2. The first kappa shape index (κ1) is 25.4. The van der Waals surface area contributed by atoms with E-state index in [4.69, 9.17) is 9.47 Å². The summed E-state index contributed by atoms with van der Waals surface area (Å²) in [6, 6.07) is 10.0.